The van der Waals surface area contributed by atoms with Crippen LogP contribution >= 0.6 is 0 Å². The van der Waals surface area contributed by atoms with Gasteiger partial charge in [-0.3, -0.25) is 14.8 Å². The quantitative estimate of drug-likeness (QED) is 0.829. The summed E-state index contributed by atoms with van der Waals surface area (Å²) >= 11 is 0. The summed E-state index contributed by atoms with van der Waals surface area (Å²) in [5.41, 5.74) is 2.88. The van der Waals surface area contributed by atoms with Crippen LogP contribution < -0.4 is 5.32 Å². The third-order valence-electron chi connectivity index (χ3n) is 8.17. The molecule has 146 valence electrons. The Hall–Kier alpha value is -1.71. The highest BCUT2D eigenvalue weighted by Crippen LogP contribution is 2.61. The van der Waals surface area contributed by atoms with E-state index < -0.39 is 0 Å². The molecule has 0 spiro atoms. The first-order valence-electron chi connectivity index (χ1n) is 10.7. The molecule has 1 amide bonds. The Morgan fingerprint density at radius 2 is 2.07 bits per heavy atom. The smallest absolute Gasteiger partial charge is 0.220 e. The lowest BCUT2D eigenvalue weighted by atomic mass is 9.49. The van der Waals surface area contributed by atoms with Crippen molar-refractivity contribution in [2.75, 3.05) is 6.54 Å². The van der Waals surface area contributed by atoms with E-state index in [0.717, 1.165) is 30.5 Å². The van der Waals surface area contributed by atoms with E-state index in [2.05, 4.69) is 42.1 Å². The average Bonchev–Trinajstić information content (AvgIpc) is 2.82. The minimum Gasteiger partial charge on any atom is -0.356 e. The van der Waals surface area contributed by atoms with E-state index in [1.807, 2.05) is 6.20 Å². The largest absolute Gasteiger partial charge is 0.356 e. The van der Waals surface area contributed by atoms with Crippen molar-refractivity contribution >= 4 is 11.5 Å². The first-order valence-corrected chi connectivity index (χ1v) is 10.7. The molecule has 1 saturated heterocycles. The van der Waals surface area contributed by atoms with Gasteiger partial charge >= 0.3 is 0 Å². The zero-order valence-corrected chi connectivity index (χ0v) is 17.0. The molecule has 2 heterocycles. The highest BCUT2D eigenvalue weighted by Gasteiger charge is 2.53. The number of hydrogen-bond acceptors (Lipinski definition) is 3. The molecule has 4 nitrogen and oxygen atoms in total. The van der Waals surface area contributed by atoms with Crippen LogP contribution in [0.2, 0.25) is 0 Å². The minimum atomic E-state index is 0.175. The summed E-state index contributed by atoms with van der Waals surface area (Å²) in [6.45, 7) is 7.94. The van der Waals surface area contributed by atoms with Crippen LogP contribution in [0.4, 0.5) is 0 Å². The second kappa shape index (κ2) is 7.03. The van der Waals surface area contributed by atoms with E-state index in [0.29, 0.717) is 17.8 Å². The van der Waals surface area contributed by atoms with E-state index in [9.17, 15) is 4.79 Å². The van der Waals surface area contributed by atoms with Crippen molar-refractivity contribution < 1.29 is 4.79 Å². The van der Waals surface area contributed by atoms with E-state index in [4.69, 9.17) is 0 Å². The number of hydrogen-bond donors (Lipinski definition) is 1. The van der Waals surface area contributed by atoms with Crippen molar-refractivity contribution in [1.29, 1.82) is 0 Å². The summed E-state index contributed by atoms with van der Waals surface area (Å²) in [5.74, 6) is 2.40. The normalized spacial score (nSPS) is 39.7. The molecule has 2 saturated carbocycles. The maximum atomic E-state index is 12.0. The van der Waals surface area contributed by atoms with Gasteiger partial charge in [-0.25, -0.2) is 0 Å². The van der Waals surface area contributed by atoms with Gasteiger partial charge in [0.2, 0.25) is 5.91 Å². The number of carbonyl (C=O) groups excluding carboxylic acids is 1. The van der Waals surface area contributed by atoms with Gasteiger partial charge in [-0.1, -0.05) is 19.9 Å². The van der Waals surface area contributed by atoms with Gasteiger partial charge in [0.05, 0.1) is 11.9 Å². The SMILES string of the molecule is CC=C(c1cnccn1)C1(C)CCC2C(CCC3CNC(=O)CCC32C)C1. The molecular formula is C23H33N3O. The molecule has 27 heavy (non-hydrogen) atoms. The average molecular weight is 368 g/mol. The van der Waals surface area contributed by atoms with Crippen LogP contribution in [0.1, 0.15) is 71.4 Å². The lowest BCUT2D eigenvalue weighted by molar-refractivity contribution is -0.121. The van der Waals surface area contributed by atoms with Gasteiger partial charge in [-0.2, -0.15) is 0 Å². The van der Waals surface area contributed by atoms with Crippen LogP contribution in [0.3, 0.4) is 0 Å². The van der Waals surface area contributed by atoms with Gasteiger partial charge in [0, 0.05) is 25.4 Å². The number of carbonyl (C=O) groups is 1. The van der Waals surface area contributed by atoms with Crippen LogP contribution in [0, 0.1) is 28.6 Å². The molecule has 3 aliphatic rings. The first kappa shape index (κ1) is 18.6. The molecule has 1 N–H and O–H groups in total. The first-order chi connectivity index (χ1) is 13.0. The van der Waals surface area contributed by atoms with Gasteiger partial charge in [0.15, 0.2) is 0 Å². The van der Waals surface area contributed by atoms with Crippen molar-refractivity contribution in [2.24, 2.45) is 28.6 Å². The standard InChI is InChI=1S/C23H33N3O/c1-4-18(20-15-24-11-12-25-20)22(2)9-7-19-16(13-22)5-6-17-14-26-21(27)8-10-23(17,19)3/h4,11-12,15-17,19H,5-10,13-14H2,1-3H3,(H,26,27). The highest BCUT2D eigenvalue weighted by atomic mass is 16.1. The third kappa shape index (κ3) is 3.21. The summed E-state index contributed by atoms with van der Waals surface area (Å²) in [7, 11) is 0. The van der Waals surface area contributed by atoms with Gasteiger partial charge in [-0.05, 0) is 79.6 Å². The topological polar surface area (TPSA) is 54.9 Å². The van der Waals surface area contributed by atoms with Crippen LogP contribution in [-0.4, -0.2) is 22.4 Å². The van der Waals surface area contributed by atoms with Crippen LogP contribution in [0.5, 0.6) is 0 Å². The molecule has 5 atom stereocenters. The lowest BCUT2D eigenvalue weighted by Gasteiger charge is -2.56. The summed E-state index contributed by atoms with van der Waals surface area (Å²) in [4.78, 5) is 20.9. The number of rotatable bonds is 2. The Labute approximate surface area is 163 Å². The molecule has 0 bridgehead atoms. The zero-order chi connectivity index (χ0) is 19.1. The minimum absolute atomic E-state index is 0.175. The van der Waals surface area contributed by atoms with Crippen molar-refractivity contribution in [1.82, 2.24) is 15.3 Å². The van der Waals surface area contributed by atoms with E-state index in [1.165, 1.54) is 37.7 Å². The maximum Gasteiger partial charge on any atom is 0.220 e. The Morgan fingerprint density at radius 1 is 1.22 bits per heavy atom. The number of nitrogens with zero attached hydrogens (tertiary/aromatic N) is 2. The molecule has 3 fully saturated rings. The van der Waals surface area contributed by atoms with E-state index in [-0.39, 0.29) is 11.3 Å². The molecular weight excluding hydrogens is 334 g/mol. The predicted octanol–water partition coefficient (Wildman–Crippen LogP) is 4.63. The monoisotopic (exact) mass is 367 g/mol. The highest BCUT2D eigenvalue weighted by molar-refractivity contribution is 5.76. The number of amides is 1. The molecule has 0 radical (unpaired) electrons. The predicted molar refractivity (Wildman–Crippen MR) is 108 cm³/mol. The fourth-order valence-corrected chi connectivity index (χ4v) is 6.67. The van der Waals surface area contributed by atoms with Crippen molar-refractivity contribution in [3.63, 3.8) is 0 Å². The zero-order valence-electron chi connectivity index (χ0n) is 17.0. The molecule has 4 rings (SSSR count). The number of fused-ring (bicyclic) bond motifs is 3. The number of nitrogens with one attached hydrogen (secondary N) is 1. The van der Waals surface area contributed by atoms with Crippen molar-refractivity contribution in [3.05, 3.63) is 30.4 Å². The summed E-state index contributed by atoms with van der Waals surface area (Å²) in [6.07, 6.45) is 15.7. The van der Waals surface area contributed by atoms with Crippen molar-refractivity contribution in [3.8, 4) is 0 Å². The molecule has 1 aromatic heterocycles. The molecule has 5 unspecified atom stereocenters. The summed E-state index contributed by atoms with van der Waals surface area (Å²) in [5, 5.41) is 3.17. The Balaban J connectivity index is 1.58. The summed E-state index contributed by atoms with van der Waals surface area (Å²) < 4.78 is 0. The van der Waals surface area contributed by atoms with Gasteiger partial charge in [-0.15, -0.1) is 0 Å². The number of aromatic nitrogens is 2. The fourth-order valence-electron chi connectivity index (χ4n) is 6.67. The second-order valence-corrected chi connectivity index (χ2v) is 9.55. The maximum absolute atomic E-state index is 12.0. The Bertz CT molecular complexity index is 730. The molecule has 1 aromatic rings. The molecule has 2 aliphatic carbocycles. The third-order valence-corrected chi connectivity index (χ3v) is 8.17. The van der Waals surface area contributed by atoms with Gasteiger partial charge in [0.1, 0.15) is 0 Å². The van der Waals surface area contributed by atoms with E-state index in [1.54, 1.807) is 12.4 Å². The second-order valence-electron chi connectivity index (χ2n) is 9.55. The molecule has 4 heteroatoms. The fraction of sp³-hybridized carbons (Fsp3) is 0.696. The van der Waals surface area contributed by atoms with Gasteiger partial charge in [0.25, 0.3) is 0 Å². The summed E-state index contributed by atoms with van der Waals surface area (Å²) in [6, 6.07) is 0. The Kier molecular flexibility index (Phi) is 4.85. The number of allylic oxidation sites excluding steroid dienone is 2. The lowest BCUT2D eigenvalue weighted by Crippen LogP contribution is -2.49. The van der Waals surface area contributed by atoms with E-state index >= 15 is 0 Å². The van der Waals surface area contributed by atoms with Crippen LogP contribution in [0.25, 0.3) is 5.57 Å². The van der Waals surface area contributed by atoms with Crippen molar-refractivity contribution in [2.45, 2.75) is 65.7 Å². The Morgan fingerprint density at radius 3 is 2.81 bits per heavy atom. The van der Waals surface area contributed by atoms with Crippen LogP contribution in [-0.2, 0) is 4.79 Å². The van der Waals surface area contributed by atoms with Crippen LogP contribution in [0.15, 0.2) is 24.7 Å². The molecule has 1 aliphatic heterocycles. The van der Waals surface area contributed by atoms with Gasteiger partial charge < -0.3 is 5.32 Å². The molecule has 0 aromatic carbocycles.